The zero-order valence-electron chi connectivity index (χ0n) is 7.14. The monoisotopic (exact) mass is 229 g/mol. The van der Waals surface area contributed by atoms with Crippen molar-refractivity contribution in [2.45, 2.75) is 19.4 Å². The third kappa shape index (κ3) is 1.57. The molecular weight excluding hydrogens is 218 g/mol. The molecule has 1 aromatic rings. The molecule has 0 radical (unpaired) electrons. The fraction of sp³-hybridized carbons (Fsp3) is 0.556. The summed E-state index contributed by atoms with van der Waals surface area (Å²) in [7, 11) is 2.15. The van der Waals surface area contributed by atoms with Gasteiger partial charge < -0.3 is 9.32 Å². The molecule has 0 aliphatic carbocycles. The van der Waals surface area contributed by atoms with E-state index >= 15 is 0 Å². The number of aryl methyl sites for hydroxylation is 1. The molecule has 0 bridgehead atoms. The smallest absolute Gasteiger partial charge is 0.169 e. The summed E-state index contributed by atoms with van der Waals surface area (Å²) < 4.78 is 6.39. The van der Waals surface area contributed by atoms with Crippen LogP contribution in [-0.2, 0) is 13.0 Å². The summed E-state index contributed by atoms with van der Waals surface area (Å²) in [6, 6.07) is 2.08. The van der Waals surface area contributed by atoms with Crippen LogP contribution in [0.1, 0.15) is 17.7 Å². The van der Waals surface area contributed by atoms with E-state index in [1.54, 1.807) is 0 Å². The van der Waals surface area contributed by atoms with Gasteiger partial charge in [-0.15, -0.1) is 0 Å². The van der Waals surface area contributed by atoms with Crippen molar-refractivity contribution in [3.05, 3.63) is 22.1 Å². The van der Waals surface area contributed by atoms with E-state index in [0.717, 1.165) is 23.4 Å². The maximum Gasteiger partial charge on any atom is 0.169 e. The van der Waals surface area contributed by atoms with Crippen molar-refractivity contribution in [2.24, 2.45) is 0 Å². The van der Waals surface area contributed by atoms with E-state index in [-0.39, 0.29) is 0 Å². The van der Waals surface area contributed by atoms with Crippen molar-refractivity contribution in [1.82, 2.24) is 4.90 Å². The lowest BCUT2D eigenvalue weighted by molar-refractivity contribution is 0.332. The number of fused-ring (bicyclic) bond motifs is 1. The van der Waals surface area contributed by atoms with Crippen molar-refractivity contribution < 1.29 is 4.42 Å². The number of hydrogen-bond donors (Lipinski definition) is 0. The first kappa shape index (κ1) is 8.32. The second-order valence-electron chi connectivity index (χ2n) is 3.34. The molecule has 0 amide bonds. The molecule has 3 heteroatoms. The van der Waals surface area contributed by atoms with E-state index in [4.69, 9.17) is 4.42 Å². The maximum atomic E-state index is 5.52. The molecule has 2 heterocycles. The van der Waals surface area contributed by atoms with Gasteiger partial charge in [-0.25, -0.2) is 0 Å². The van der Waals surface area contributed by atoms with Gasteiger partial charge >= 0.3 is 0 Å². The lowest BCUT2D eigenvalue weighted by Crippen LogP contribution is -2.16. The van der Waals surface area contributed by atoms with Gasteiger partial charge in [-0.1, -0.05) is 0 Å². The Morgan fingerprint density at radius 1 is 1.58 bits per heavy atom. The van der Waals surface area contributed by atoms with Crippen molar-refractivity contribution in [1.29, 1.82) is 0 Å². The molecule has 0 fully saturated rings. The maximum absolute atomic E-state index is 5.52. The molecule has 1 aliphatic heterocycles. The molecule has 12 heavy (non-hydrogen) atoms. The van der Waals surface area contributed by atoms with E-state index in [0.29, 0.717) is 0 Å². The molecule has 2 rings (SSSR count). The van der Waals surface area contributed by atoms with E-state index in [2.05, 4.69) is 33.9 Å². The Morgan fingerprint density at radius 2 is 2.42 bits per heavy atom. The van der Waals surface area contributed by atoms with Gasteiger partial charge in [0.2, 0.25) is 0 Å². The molecule has 0 unspecified atom stereocenters. The molecule has 2 nitrogen and oxygen atoms in total. The number of halogens is 1. The van der Waals surface area contributed by atoms with E-state index in [1.807, 2.05) is 0 Å². The highest BCUT2D eigenvalue weighted by molar-refractivity contribution is 9.10. The van der Waals surface area contributed by atoms with Crippen molar-refractivity contribution in [3.63, 3.8) is 0 Å². The summed E-state index contributed by atoms with van der Waals surface area (Å²) in [4.78, 5) is 2.33. The van der Waals surface area contributed by atoms with Gasteiger partial charge in [0.1, 0.15) is 5.76 Å². The fourth-order valence-corrected chi connectivity index (χ4v) is 2.13. The summed E-state index contributed by atoms with van der Waals surface area (Å²) in [5.41, 5.74) is 1.34. The van der Waals surface area contributed by atoms with Crippen LogP contribution in [0.4, 0.5) is 0 Å². The van der Waals surface area contributed by atoms with Crippen LogP contribution in [0.15, 0.2) is 15.2 Å². The van der Waals surface area contributed by atoms with Crippen LogP contribution in [0, 0.1) is 0 Å². The molecule has 0 saturated heterocycles. The Hall–Kier alpha value is -0.280. The molecule has 0 saturated carbocycles. The highest BCUT2D eigenvalue weighted by Gasteiger charge is 2.15. The number of furan rings is 1. The van der Waals surface area contributed by atoms with Gasteiger partial charge in [-0.3, -0.25) is 0 Å². The van der Waals surface area contributed by atoms with Gasteiger partial charge in [0.15, 0.2) is 4.67 Å². The lowest BCUT2D eigenvalue weighted by Gasteiger charge is -2.11. The average molecular weight is 230 g/mol. The quantitative estimate of drug-likeness (QED) is 0.680. The lowest BCUT2D eigenvalue weighted by atomic mass is 10.2. The Morgan fingerprint density at radius 3 is 3.25 bits per heavy atom. The Labute approximate surface area is 80.7 Å². The fourth-order valence-electron chi connectivity index (χ4n) is 1.65. The van der Waals surface area contributed by atoms with E-state index < -0.39 is 0 Å². The first-order valence-electron chi connectivity index (χ1n) is 4.21. The van der Waals surface area contributed by atoms with Crippen LogP contribution in [0.25, 0.3) is 0 Å². The highest BCUT2D eigenvalue weighted by atomic mass is 79.9. The minimum absolute atomic E-state index is 0.864. The molecule has 1 aliphatic rings. The van der Waals surface area contributed by atoms with Crippen LogP contribution in [-0.4, -0.2) is 18.5 Å². The summed E-state index contributed by atoms with van der Waals surface area (Å²) in [5.74, 6) is 1.16. The van der Waals surface area contributed by atoms with Gasteiger partial charge in [-0.05, 0) is 42.0 Å². The Bertz CT molecular complexity index is 282. The normalized spacial score (nSPS) is 18.8. The molecule has 0 spiro atoms. The van der Waals surface area contributed by atoms with Crippen molar-refractivity contribution >= 4 is 15.9 Å². The zero-order chi connectivity index (χ0) is 8.55. The first-order chi connectivity index (χ1) is 5.75. The number of hydrogen-bond acceptors (Lipinski definition) is 2. The minimum Gasteiger partial charge on any atom is -0.454 e. The van der Waals surface area contributed by atoms with Gasteiger partial charge in [0.25, 0.3) is 0 Å². The highest BCUT2D eigenvalue weighted by Crippen LogP contribution is 2.24. The molecule has 0 atom stereocenters. The third-order valence-electron chi connectivity index (χ3n) is 2.25. The topological polar surface area (TPSA) is 16.4 Å². The second kappa shape index (κ2) is 3.23. The predicted octanol–water partition coefficient (Wildman–Crippen LogP) is 2.42. The molecule has 66 valence electrons. The zero-order valence-corrected chi connectivity index (χ0v) is 8.73. The summed E-state index contributed by atoms with van der Waals surface area (Å²) in [6.45, 7) is 2.19. The van der Waals surface area contributed by atoms with Crippen LogP contribution >= 0.6 is 15.9 Å². The SMILES string of the molecule is CN1CCCc2oc(Br)cc2C1. The second-order valence-corrected chi connectivity index (χ2v) is 4.12. The molecule has 1 aromatic heterocycles. The van der Waals surface area contributed by atoms with E-state index in [9.17, 15) is 0 Å². The minimum atomic E-state index is 0.864. The predicted molar refractivity (Wildman–Crippen MR) is 51.1 cm³/mol. The molecule has 0 N–H and O–H groups in total. The average Bonchev–Trinajstić information content (AvgIpc) is 2.23. The van der Waals surface area contributed by atoms with Gasteiger partial charge in [0, 0.05) is 18.5 Å². The van der Waals surface area contributed by atoms with E-state index in [1.165, 1.54) is 18.5 Å². The molecule has 0 aromatic carbocycles. The van der Waals surface area contributed by atoms with Crippen LogP contribution in [0.3, 0.4) is 0 Å². The largest absolute Gasteiger partial charge is 0.454 e. The van der Waals surface area contributed by atoms with Crippen LogP contribution in [0.5, 0.6) is 0 Å². The summed E-state index contributed by atoms with van der Waals surface area (Å²) in [6.07, 6.45) is 2.27. The third-order valence-corrected chi connectivity index (χ3v) is 2.64. The number of nitrogens with zero attached hydrogens (tertiary/aromatic N) is 1. The summed E-state index contributed by atoms with van der Waals surface area (Å²) in [5, 5.41) is 0. The Balaban J connectivity index is 2.30. The van der Waals surface area contributed by atoms with Crippen LogP contribution < -0.4 is 0 Å². The van der Waals surface area contributed by atoms with Gasteiger partial charge in [-0.2, -0.15) is 0 Å². The van der Waals surface area contributed by atoms with Crippen molar-refractivity contribution in [2.75, 3.05) is 13.6 Å². The van der Waals surface area contributed by atoms with Crippen molar-refractivity contribution in [3.8, 4) is 0 Å². The van der Waals surface area contributed by atoms with Crippen LogP contribution in [0.2, 0.25) is 0 Å². The standard InChI is InChI=1S/C9H12BrNO/c1-11-4-2-3-8-7(6-11)5-9(10)12-8/h5H,2-4,6H2,1H3. The Kier molecular flexibility index (Phi) is 2.24. The summed E-state index contributed by atoms with van der Waals surface area (Å²) >= 11 is 3.35. The molecular formula is C9H12BrNO. The number of rotatable bonds is 0. The first-order valence-corrected chi connectivity index (χ1v) is 5.00. The van der Waals surface area contributed by atoms with Gasteiger partial charge in [0.05, 0.1) is 0 Å².